The molecule has 2 amide bonds. The molecule has 1 fully saturated rings. The molecular weight excluding hydrogens is 254 g/mol. The van der Waals surface area contributed by atoms with Gasteiger partial charge in [0.25, 0.3) is 0 Å². The summed E-state index contributed by atoms with van der Waals surface area (Å²) in [6, 6.07) is 7.63. The van der Waals surface area contributed by atoms with Crippen LogP contribution in [0.15, 0.2) is 24.3 Å². The molecule has 0 spiro atoms. The Kier molecular flexibility index (Phi) is 4.61. The van der Waals surface area contributed by atoms with E-state index in [2.05, 4.69) is 0 Å². The molecule has 2 N–H and O–H groups in total. The lowest BCUT2D eigenvalue weighted by molar-refractivity contribution is -0.138. The molecule has 108 valence electrons. The van der Waals surface area contributed by atoms with Gasteiger partial charge in [-0.25, -0.2) is 0 Å². The molecule has 1 aliphatic heterocycles. The summed E-state index contributed by atoms with van der Waals surface area (Å²) in [6.07, 6.45) is 1.19. The van der Waals surface area contributed by atoms with Crippen LogP contribution in [0.25, 0.3) is 0 Å². The molecule has 0 bridgehead atoms. The van der Waals surface area contributed by atoms with Crippen molar-refractivity contribution in [2.75, 3.05) is 31.9 Å². The minimum absolute atomic E-state index is 0.0804. The molecule has 0 aromatic heterocycles. The lowest BCUT2D eigenvalue weighted by Gasteiger charge is -2.34. The number of carbonyl (C=O) groups excluding carboxylic acids is 2. The first-order valence-corrected chi connectivity index (χ1v) is 6.94. The lowest BCUT2D eigenvalue weighted by atomic mass is 10.1. The third kappa shape index (κ3) is 3.73. The Labute approximate surface area is 119 Å². The Morgan fingerprint density at radius 3 is 2.40 bits per heavy atom. The van der Waals surface area contributed by atoms with Gasteiger partial charge in [0.05, 0.1) is 0 Å². The number of benzene rings is 1. The summed E-state index contributed by atoms with van der Waals surface area (Å²) in [6.45, 7) is 4.11. The molecular formula is C15H21N3O2. The molecule has 0 radical (unpaired) electrons. The molecule has 5 heteroatoms. The van der Waals surface area contributed by atoms with Gasteiger partial charge in [0.15, 0.2) is 0 Å². The van der Waals surface area contributed by atoms with E-state index in [-0.39, 0.29) is 11.8 Å². The third-order valence-corrected chi connectivity index (χ3v) is 3.66. The van der Waals surface area contributed by atoms with Crippen molar-refractivity contribution in [3.05, 3.63) is 29.8 Å². The number of anilines is 1. The highest BCUT2D eigenvalue weighted by Gasteiger charge is 2.21. The summed E-state index contributed by atoms with van der Waals surface area (Å²) < 4.78 is 0. The van der Waals surface area contributed by atoms with Crippen molar-refractivity contribution >= 4 is 17.5 Å². The van der Waals surface area contributed by atoms with Crippen molar-refractivity contribution in [1.82, 2.24) is 9.80 Å². The molecule has 0 aliphatic carbocycles. The first-order valence-electron chi connectivity index (χ1n) is 6.94. The number of nitrogens with two attached hydrogens (primary N) is 1. The zero-order valence-electron chi connectivity index (χ0n) is 11.8. The van der Waals surface area contributed by atoms with Gasteiger partial charge in [-0.2, -0.15) is 0 Å². The van der Waals surface area contributed by atoms with E-state index >= 15 is 0 Å². The molecule has 0 atom stereocenters. The maximum Gasteiger partial charge on any atom is 0.223 e. The van der Waals surface area contributed by atoms with E-state index in [1.165, 1.54) is 0 Å². The van der Waals surface area contributed by atoms with Crippen molar-refractivity contribution in [3.8, 4) is 0 Å². The van der Waals surface area contributed by atoms with Crippen LogP contribution in [0, 0.1) is 0 Å². The second-order valence-electron chi connectivity index (χ2n) is 5.13. The summed E-state index contributed by atoms with van der Waals surface area (Å²) in [5, 5.41) is 0. The van der Waals surface area contributed by atoms with E-state index in [4.69, 9.17) is 5.73 Å². The van der Waals surface area contributed by atoms with Crippen molar-refractivity contribution in [3.63, 3.8) is 0 Å². The zero-order chi connectivity index (χ0) is 14.5. The maximum absolute atomic E-state index is 12.1. The second-order valence-corrected chi connectivity index (χ2v) is 5.13. The van der Waals surface area contributed by atoms with Crippen molar-refractivity contribution in [2.45, 2.75) is 19.8 Å². The summed E-state index contributed by atoms with van der Waals surface area (Å²) in [5.74, 6) is 0.229. The predicted molar refractivity (Wildman–Crippen MR) is 78.0 cm³/mol. The standard InChI is InChI=1S/C15H21N3O2/c1-12(19)17-7-9-18(10-8-17)15(20)6-5-13-3-2-4-14(16)11-13/h2-4,11H,5-10,16H2,1H3. The topological polar surface area (TPSA) is 66.6 Å². The highest BCUT2D eigenvalue weighted by atomic mass is 16.2. The van der Waals surface area contributed by atoms with Gasteiger partial charge in [0.1, 0.15) is 0 Å². The molecule has 20 heavy (non-hydrogen) atoms. The molecule has 0 unspecified atom stereocenters. The maximum atomic E-state index is 12.1. The molecule has 1 aliphatic rings. The SMILES string of the molecule is CC(=O)N1CCN(C(=O)CCc2cccc(N)c2)CC1. The van der Waals surface area contributed by atoms with Crippen molar-refractivity contribution < 1.29 is 9.59 Å². The molecule has 1 aromatic carbocycles. The van der Waals surface area contributed by atoms with Crippen LogP contribution in [0.5, 0.6) is 0 Å². The average Bonchev–Trinajstić information content (AvgIpc) is 2.45. The first-order chi connectivity index (χ1) is 9.56. The largest absolute Gasteiger partial charge is 0.399 e. The molecule has 2 rings (SSSR count). The normalized spacial score (nSPS) is 15.2. The number of amides is 2. The molecule has 1 heterocycles. The van der Waals surface area contributed by atoms with E-state index in [0.717, 1.165) is 11.3 Å². The van der Waals surface area contributed by atoms with Crippen LogP contribution in [0.1, 0.15) is 18.9 Å². The summed E-state index contributed by atoms with van der Waals surface area (Å²) >= 11 is 0. The van der Waals surface area contributed by atoms with Crippen LogP contribution >= 0.6 is 0 Å². The minimum atomic E-state index is 0.0804. The number of nitrogens with zero attached hydrogens (tertiary/aromatic N) is 2. The fraction of sp³-hybridized carbons (Fsp3) is 0.467. The number of nitrogen functional groups attached to an aromatic ring is 1. The Balaban J connectivity index is 1.80. The summed E-state index contributed by atoms with van der Waals surface area (Å²) in [5.41, 5.74) is 7.53. The number of hydrogen-bond donors (Lipinski definition) is 1. The quantitative estimate of drug-likeness (QED) is 0.833. The Morgan fingerprint density at radius 1 is 1.15 bits per heavy atom. The van der Waals surface area contributed by atoms with Gasteiger partial charge in [0, 0.05) is 45.2 Å². The number of aryl methyl sites for hydroxylation is 1. The van der Waals surface area contributed by atoms with Crippen LogP contribution < -0.4 is 5.73 Å². The van der Waals surface area contributed by atoms with Crippen LogP contribution in [-0.2, 0) is 16.0 Å². The summed E-state index contributed by atoms with van der Waals surface area (Å²) in [7, 11) is 0. The lowest BCUT2D eigenvalue weighted by Crippen LogP contribution is -2.50. The van der Waals surface area contributed by atoms with Gasteiger partial charge >= 0.3 is 0 Å². The molecule has 1 aromatic rings. The highest BCUT2D eigenvalue weighted by Crippen LogP contribution is 2.11. The molecule has 0 saturated carbocycles. The fourth-order valence-corrected chi connectivity index (χ4v) is 2.43. The predicted octanol–water partition coefficient (Wildman–Crippen LogP) is 0.892. The van der Waals surface area contributed by atoms with E-state index in [1.54, 1.807) is 11.8 Å². The van der Waals surface area contributed by atoms with Crippen molar-refractivity contribution in [1.29, 1.82) is 0 Å². The van der Waals surface area contributed by atoms with Crippen LogP contribution in [0.3, 0.4) is 0 Å². The number of piperazine rings is 1. The second kappa shape index (κ2) is 6.41. The number of carbonyl (C=O) groups is 2. The van der Waals surface area contributed by atoms with Crippen LogP contribution in [0.2, 0.25) is 0 Å². The van der Waals surface area contributed by atoms with E-state index in [9.17, 15) is 9.59 Å². The highest BCUT2D eigenvalue weighted by molar-refractivity contribution is 5.77. The third-order valence-electron chi connectivity index (χ3n) is 3.66. The first kappa shape index (κ1) is 14.4. The average molecular weight is 275 g/mol. The zero-order valence-corrected chi connectivity index (χ0v) is 11.8. The van der Waals surface area contributed by atoms with Gasteiger partial charge in [-0.15, -0.1) is 0 Å². The van der Waals surface area contributed by atoms with Crippen molar-refractivity contribution in [2.24, 2.45) is 0 Å². The number of rotatable bonds is 3. The van der Waals surface area contributed by atoms with Gasteiger partial charge < -0.3 is 15.5 Å². The minimum Gasteiger partial charge on any atom is -0.399 e. The fourth-order valence-electron chi connectivity index (χ4n) is 2.43. The number of hydrogen-bond acceptors (Lipinski definition) is 3. The van der Waals surface area contributed by atoms with E-state index < -0.39 is 0 Å². The van der Waals surface area contributed by atoms with Gasteiger partial charge in [-0.3, -0.25) is 9.59 Å². The van der Waals surface area contributed by atoms with E-state index in [1.807, 2.05) is 29.2 Å². The van der Waals surface area contributed by atoms with Crippen LogP contribution in [0.4, 0.5) is 5.69 Å². The summed E-state index contributed by atoms with van der Waals surface area (Å²) in [4.78, 5) is 27.0. The van der Waals surface area contributed by atoms with Gasteiger partial charge in [-0.1, -0.05) is 12.1 Å². The Morgan fingerprint density at radius 2 is 1.80 bits per heavy atom. The van der Waals surface area contributed by atoms with Gasteiger partial charge in [0.2, 0.25) is 11.8 Å². The Hall–Kier alpha value is -2.04. The monoisotopic (exact) mass is 275 g/mol. The molecule has 5 nitrogen and oxygen atoms in total. The van der Waals surface area contributed by atoms with E-state index in [0.29, 0.717) is 39.0 Å². The van der Waals surface area contributed by atoms with Crippen LogP contribution in [-0.4, -0.2) is 47.8 Å². The van der Waals surface area contributed by atoms with Gasteiger partial charge in [-0.05, 0) is 24.1 Å². The smallest absolute Gasteiger partial charge is 0.223 e. The Bertz CT molecular complexity index is 494. The molecule has 1 saturated heterocycles.